The first kappa shape index (κ1) is 22.5. The van der Waals surface area contributed by atoms with Gasteiger partial charge in [-0.2, -0.15) is 0 Å². The van der Waals surface area contributed by atoms with E-state index in [9.17, 15) is 12.8 Å². The fourth-order valence-corrected chi connectivity index (χ4v) is 5.28. The third kappa shape index (κ3) is 4.85. The number of hydrogen-bond acceptors (Lipinski definition) is 4. The summed E-state index contributed by atoms with van der Waals surface area (Å²) in [7, 11) is -0.00923. The van der Waals surface area contributed by atoms with Crippen molar-refractivity contribution in [1.82, 2.24) is 9.62 Å². The van der Waals surface area contributed by atoms with E-state index in [1.807, 2.05) is 49.3 Å². The summed E-state index contributed by atoms with van der Waals surface area (Å²) in [5.41, 5.74) is 4.68. The summed E-state index contributed by atoms with van der Waals surface area (Å²) in [5, 5.41) is 0. The first-order valence-electron chi connectivity index (χ1n) is 10.7. The molecule has 0 spiro atoms. The Hall–Kier alpha value is -2.74. The fourth-order valence-electron chi connectivity index (χ4n) is 4.17. The normalized spacial score (nSPS) is 15.2. The zero-order chi connectivity index (χ0) is 22.7. The third-order valence-electron chi connectivity index (χ3n) is 5.99. The molecule has 7 heteroatoms. The maximum Gasteiger partial charge on any atom is 0.243 e. The van der Waals surface area contributed by atoms with Gasteiger partial charge in [-0.15, -0.1) is 0 Å². The molecular formula is C25H28FN3O2S. The van der Waals surface area contributed by atoms with E-state index in [1.54, 1.807) is 0 Å². The van der Waals surface area contributed by atoms with E-state index in [1.165, 1.54) is 29.3 Å². The molecule has 168 valence electrons. The van der Waals surface area contributed by atoms with Crippen LogP contribution in [0.3, 0.4) is 0 Å². The molecule has 1 heterocycles. The van der Waals surface area contributed by atoms with Crippen LogP contribution < -0.4 is 9.62 Å². The average molecular weight is 454 g/mol. The van der Waals surface area contributed by atoms with Crippen LogP contribution in [-0.2, 0) is 23.0 Å². The highest BCUT2D eigenvalue weighted by molar-refractivity contribution is 7.89. The minimum Gasteiger partial charge on any atom is -0.378 e. The largest absolute Gasteiger partial charge is 0.378 e. The van der Waals surface area contributed by atoms with Crippen molar-refractivity contribution < 1.29 is 12.8 Å². The Morgan fingerprint density at radius 2 is 1.62 bits per heavy atom. The molecule has 32 heavy (non-hydrogen) atoms. The molecule has 1 aliphatic rings. The van der Waals surface area contributed by atoms with Gasteiger partial charge in [-0.05, 0) is 47.4 Å². The second-order valence-electron chi connectivity index (χ2n) is 8.27. The molecule has 0 radical (unpaired) electrons. The summed E-state index contributed by atoms with van der Waals surface area (Å²) in [6.45, 7) is 1.70. The second kappa shape index (κ2) is 9.40. The lowest BCUT2D eigenvalue weighted by Crippen LogP contribution is -2.40. The first-order valence-corrected chi connectivity index (χ1v) is 12.2. The average Bonchev–Trinajstić information content (AvgIpc) is 2.79. The molecule has 3 aromatic carbocycles. The van der Waals surface area contributed by atoms with Crippen LogP contribution in [0.25, 0.3) is 0 Å². The number of anilines is 1. The smallest absolute Gasteiger partial charge is 0.243 e. The molecule has 1 N–H and O–H groups in total. The number of rotatable bonds is 7. The highest BCUT2D eigenvalue weighted by atomic mass is 32.2. The van der Waals surface area contributed by atoms with Crippen LogP contribution in [-0.4, -0.2) is 40.5 Å². The van der Waals surface area contributed by atoms with Crippen molar-refractivity contribution >= 4 is 15.7 Å². The van der Waals surface area contributed by atoms with Crippen LogP contribution in [0.4, 0.5) is 10.1 Å². The van der Waals surface area contributed by atoms with Crippen molar-refractivity contribution in [3.8, 4) is 0 Å². The predicted molar refractivity (Wildman–Crippen MR) is 126 cm³/mol. The predicted octanol–water partition coefficient (Wildman–Crippen LogP) is 3.97. The molecule has 5 nitrogen and oxygen atoms in total. The Balaban J connectivity index is 1.61. The Bertz CT molecular complexity index is 1180. The highest BCUT2D eigenvalue weighted by Crippen LogP contribution is 2.29. The van der Waals surface area contributed by atoms with E-state index in [0.717, 1.165) is 36.8 Å². The minimum atomic E-state index is -3.97. The van der Waals surface area contributed by atoms with Crippen LogP contribution in [0, 0.1) is 5.82 Å². The van der Waals surface area contributed by atoms with Gasteiger partial charge in [0, 0.05) is 45.5 Å². The Morgan fingerprint density at radius 3 is 2.31 bits per heavy atom. The van der Waals surface area contributed by atoms with Gasteiger partial charge in [-0.3, -0.25) is 4.90 Å². The summed E-state index contributed by atoms with van der Waals surface area (Å²) in [4.78, 5) is 3.99. The van der Waals surface area contributed by atoms with Crippen molar-refractivity contribution in [2.75, 3.05) is 32.1 Å². The molecule has 0 saturated heterocycles. The number of hydrogen-bond donors (Lipinski definition) is 1. The van der Waals surface area contributed by atoms with Gasteiger partial charge in [-0.25, -0.2) is 17.5 Å². The van der Waals surface area contributed by atoms with Gasteiger partial charge >= 0.3 is 0 Å². The molecule has 1 unspecified atom stereocenters. The number of benzene rings is 3. The van der Waals surface area contributed by atoms with Crippen LogP contribution in [0.15, 0.2) is 77.7 Å². The van der Waals surface area contributed by atoms with Gasteiger partial charge in [0.2, 0.25) is 10.0 Å². The quantitative estimate of drug-likeness (QED) is 0.588. The summed E-state index contributed by atoms with van der Waals surface area (Å²) in [6, 6.07) is 21.8. The monoisotopic (exact) mass is 453 g/mol. The number of halogens is 1. The zero-order valence-electron chi connectivity index (χ0n) is 18.3. The van der Waals surface area contributed by atoms with E-state index < -0.39 is 15.8 Å². The van der Waals surface area contributed by atoms with Gasteiger partial charge in [0.05, 0.1) is 0 Å². The molecule has 0 amide bonds. The van der Waals surface area contributed by atoms with E-state index in [2.05, 4.69) is 27.8 Å². The summed E-state index contributed by atoms with van der Waals surface area (Å²) < 4.78 is 42.5. The number of nitrogens with zero attached hydrogens (tertiary/aromatic N) is 2. The van der Waals surface area contributed by atoms with Gasteiger partial charge in [0.15, 0.2) is 0 Å². The van der Waals surface area contributed by atoms with Crippen LogP contribution in [0.5, 0.6) is 0 Å². The molecular weight excluding hydrogens is 425 g/mol. The minimum absolute atomic E-state index is 0.153. The Labute approximate surface area is 189 Å². The Morgan fingerprint density at radius 1 is 0.969 bits per heavy atom. The Kier molecular flexibility index (Phi) is 6.60. The molecule has 4 rings (SSSR count). The topological polar surface area (TPSA) is 52.7 Å². The number of nitrogens with one attached hydrogen (secondary N) is 1. The van der Waals surface area contributed by atoms with E-state index in [-0.39, 0.29) is 17.5 Å². The molecule has 0 aliphatic carbocycles. The van der Waals surface area contributed by atoms with Crippen molar-refractivity contribution in [1.29, 1.82) is 0 Å². The van der Waals surface area contributed by atoms with Crippen molar-refractivity contribution in [3.63, 3.8) is 0 Å². The molecule has 1 atom stereocenters. The van der Waals surface area contributed by atoms with Gasteiger partial charge in [0.25, 0.3) is 0 Å². The molecule has 3 aromatic rings. The number of fused-ring (bicyclic) bond motifs is 1. The van der Waals surface area contributed by atoms with E-state index in [4.69, 9.17) is 0 Å². The standard InChI is InChI=1S/C25H28FN3O2S/c1-28(2)22-13-11-20(12-14-22)24(29-16-15-19-7-3-4-8-21(19)18-29)17-27-32(30,31)25-10-6-5-9-23(25)26/h3-14,24,27H,15-18H2,1-2H3. The van der Waals surface area contributed by atoms with Crippen molar-refractivity contribution in [3.05, 3.63) is 95.3 Å². The molecule has 0 saturated carbocycles. The van der Waals surface area contributed by atoms with Crippen LogP contribution >= 0.6 is 0 Å². The van der Waals surface area contributed by atoms with E-state index in [0.29, 0.717) is 0 Å². The summed E-state index contributed by atoms with van der Waals surface area (Å²) in [6.07, 6.45) is 0.905. The first-order chi connectivity index (χ1) is 15.3. The van der Waals surface area contributed by atoms with Gasteiger partial charge in [-0.1, -0.05) is 48.5 Å². The summed E-state index contributed by atoms with van der Waals surface area (Å²) >= 11 is 0. The van der Waals surface area contributed by atoms with Crippen molar-refractivity contribution in [2.45, 2.75) is 23.9 Å². The lowest BCUT2D eigenvalue weighted by Gasteiger charge is -2.36. The SMILES string of the molecule is CN(C)c1ccc(C(CNS(=O)(=O)c2ccccc2F)N2CCc3ccccc3C2)cc1. The zero-order valence-corrected chi connectivity index (χ0v) is 19.1. The maximum absolute atomic E-state index is 14.1. The van der Waals surface area contributed by atoms with Crippen molar-refractivity contribution in [2.24, 2.45) is 0 Å². The van der Waals surface area contributed by atoms with Crippen LogP contribution in [0.1, 0.15) is 22.7 Å². The molecule has 0 bridgehead atoms. The lowest BCUT2D eigenvalue weighted by atomic mass is 9.96. The fraction of sp³-hybridized carbons (Fsp3) is 0.280. The highest BCUT2D eigenvalue weighted by Gasteiger charge is 2.27. The second-order valence-corrected chi connectivity index (χ2v) is 10.0. The maximum atomic E-state index is 14.1. The van der Waals surface area contributed by atoms with Gasteiger partial charge < -0.3 is 4.90 Å². The third-order valence-corrected chi connectivity index (χ3v) is 7.44. The molecule has 0 fully saturated rings. The molecule has 0 aromatic heterocycles. The van der Waals surface area contributed by atoms with Gasteiger partial charge in [0.1, 0.15) is 10.7 Å². The summed E-state index contributed by atoms with van der Waals surface area (Å²) in [5.74, 6) is -0.751. The van der Waals surface area contributed by atoms with E-state index >= 15 is 0 Å². The lowest BCUT2D eigenvalue weighted by molar-refractivity contribution is 0.180. The molecule has 1 aliphatic heterocycles. The van der Waals surface area contributed by atoms with Crippen LogP contribution in [0.2, 0.25) is 0 Å². The number of sulfonamides is 1.